The summed E-state index contributed by atoms with van der Waals surface area (Å²) in [6.07, 6.45) is 1.97. The molecule has 1 N–H and O–H groups in total. The van der Waals surface area contributed by atoms with E-state index in [0.717, 1.165) is 11.3 Å². The van der Waals surface area contributed by atoms with Crippen LogP contribution >= 0.6 is 0 Å². The third-order valence-electron chi connectivity index (χ3n) is 5.45. The van der Waals surface area contributed by atoms with Crippen molar-refractivity contribution in [2.75, 3.05) is 13.1 Å². The summed E-state index contributed by atoms with van der Waals surface area (Å²) in [4.78, 5) is 40.2. The Morgan fingerprint density at radius 2 is 1.84 bits per heavy atom. The fourth-order valence-corrected chi connectivity index (χ4v) is 3.90. The number of urea groups is 1. The lowest BCUT2D eigenvalue weighted by molar-refractivity contribution is -0.384. The lowest BCUT2D eigenvalue weighted by Gasteiger charge is -2.39. The second-order valence-electron chi connectivity index (χ2n) is 9.37. The van der Waals surface area contributed by atoms with E-state index in [1.165, 1.54) is 17.0 Å². The Bertz CT molecular complexity index is 991. The summed E-state index contributed by atoms with van der Waals surface area (Å²) in [5.41, 5.74) is 1.32. The van der Waals surface area contributed by atoms with Gasteiger partial charge in [0.05, 0.1) is 11.0 Å². The van der Waals surface area contributed by atoms with Crippen molar-refractivity contribution in [3.63, 3.8) is 0 Å². The molecule has 0 bridgehead atoms. The maximum Gasteiger partial charge on any atom is 0.318 e. The van der Waals surface area contributed by atoms with Crippen LogP contribution in [0.5, 0.6) is 0 Å². The number of non-ortho nitro benzene ring substituents is 1. The zero-order valence-corrected chi connectivity index (χ0v) is 19.2. The highest BCUT2D eigenvalue weighted by atomic mass is 16.6. The van der Waals surface area contributed by atoms with Crippen LogP contribution in [0.25, 0.3) is 0 Å². The molecule has 9 heteroatoms. The Morgan fingerprint density at radius 1 is 1.19 bits per heavy atom. The number of nitro benzene ring substituents is 1. The first-order chi connectivity index (χ1) is 15.0. The summed E-state index contributed by atoms with van der Waals surface area (Å²) in [7, 11) is 0. The van der Waals surface area contributed by atoms with Gasteiger partial charge in [0.15, 0.2) is 0 Å². The third kappa shape index (κ3) is 5.09. The van der Waals surface area contributed by atoms with Crippen molar-refractivity contribution in [1.29, 1.82) is 0 Å². The Balaban J connectivity index is 1.89. The maximum atomic E-state index is 13.5. The number of amides is 3. The van der Waals surface area contributed by atoms with Crippen LogP contribution in [0.3, 0.4) is 0 Å². The Kier molecular flexibility index (Phi) is 6.57. The molecule has 0 saturated heterocycles. The standard InChI is InChI=1S/C23H31N5O4/c1-16(2)27(22(30)24-23(3,4)5)15-20(29)26-14-13-25-12-6-7-19(25)21(26)17-8-10-18(11-9-17)28(31)32/h6-12,16,21H,13-15H2,1-5H3,(H,24,30)/t21-/m0/s1. The number of benzene rings is 1. The van der Waals surface area contributed by atoms with Crippen LogP contribution in [0.15, 0.2) is 42.6 Å². The molecule has 0 spiro atoms. The highest BCUT2D eigenvalue weighted by Gasteiger charge is 2.34. The number of rotatable bonds is 5. The van der Waals surface area contributed by atoms with E-state index < -0.39 is 10.5 Å². The summed E-state index contributed by atoms with van der Waals surface area (Å²) >= 11 is 0. The van der Waals surface area contributed by atoms with Crippen LogP contribution in [0.4, 0.5) is 10.5 Å². The van der Waals surface area contributed by atoms with Gasteiger partial charge in [-0.1, -0.05) is 0 Å². The van der Waals surface area contributed by atoms with Gasteiger partial charge in [-0.2, -0.15) is 0 Å². The number of carbonyl (C=O) groups excluding carboxylic acids is 2. The fraction of sp³-hybridized carbons (Fsp3) is 0.478. The van der Waals surface area contributed by atoms with Gasteiger partial charge in [0, 0.05) is 48.7 Å². The molecule has 1 atom stereocenters. The smallest absolute Gasteiger partial charge is 0.318 e. The number of hydrogen-bond donors (Lipinski definition) is 1. The first-order valence-corrected chi connectivity index (χ1v) is 10.8. The van der Waals surface area contributed by atoms with Crippen LogP contribution < -0.4 is 5.32 Å². The van der Waals surface area contributed by atoms with Crippen molar-refractivity contribution < 1.29 is 14.5 Å². The zero-order valence-electron chi connectivity index (χ0n) is 19.2. The maximum absolute atomic E-state index is 13.5. The molecule has 2 heterocycles. The van der Waals surface area contributed by atoms with Crippen LogP contribution in [-0.4, -0.2) is 55.9 Å². The monoisotopic (exact) mass is 441 g/mol. The van der Waals surface area contributed by atoms with Crippen LogP contribution in [-0.2, 0) is 11.3 Å². The Morgan fingerprint density at radius 3 is 2.41 bits per heavy atom. The molecule has 2 aromatic rings. The average Bonchev–Trinajstić information content (AvgIpc) is 3.18. The van der Waals surface area contributed by atoms with Gasteiger partial charge in [-0.15, -0.1) is 0 Å². The van der Waals surface area contributed by atoms with Gasteiger partial charge >= 0.3 is 6.03 Å². The summed E-state index contributed by atoms with van der Waals surface area (Å²) in [6, 6.07) is 9.36. The van der Waals surface area contributed by atoms with Crippen molar-refractivity contribution in [2.24, 2.45) is 0 Å². The highest BCUT2D eigenvalue weighted by Crippen LogP contribution is 2.33. The topological polar surface area (TPSA) is 101 Å². The van der Waals surface area contributed by atoms with Crippen LogP contribution in [0.2, 0.25) is 0 Å². The molecule has 0 unspecified atom stereocenters. The Hall–Kier alpha value is -3.36. The first-order valence-electron chi connectivity index (χ1n) is 10.8. The minimum Gasteiger partial charge on any atom is -0.348 e. The van der Waals surface area contributed by atoms with Crippen LogP contribution in [0, 0.1) is 10.1 Å². The molecule has 3 amide bonds. The summed E-state index contributed by atoms with van der Waals surface area (Å²) in [5.74, 6) is -0.168. The number of nitro groups is 1. The van der Waals surface area contributed by atoms with E-state index in [1.54, 1.807) is 17.0 Å². The quantitative estimate of drug-likeness (QED) is 0.566. The average molecular weight is 442 g/mol. The van der Waals surface area contributed by atoms with E-state index in [2.05, 4.69) is 9.88 Å². The molecule has 1 aliphatic rings. The van der Waals surface area contributed by atoms with E-state index in [-0.39, 0.29) is 36.3 Å². The second kappa shape index (κ2) is 9.02. The van der Waals surface area contributed by atoms with E-state index in [0.29, 0.717) is 13.1 Å². The van der Waals surface area contributed by atoms with E-state index in [9.17, 15) is 19.7 Å². The highest BCUT2D eigenvalue weighted by molar-refractivity contribution is 5.85. The predicted octanol–water partition coefficient (Wildman–Crippen LogP) is 3.55. The molecule has 172 valence electrons. The summed E-state index contributed by atoms with van der Waals surface area (Å²) in [6.45, 7) is 10.5. The molecule has 0 aliphatic carbocycles. The zero-order chi connectivity index (χ0) is 23.6. The second-order valence-corrected chi connectivity index (χ2v) is 9.37. The Labute approximate surface area is 188 Å². The number of nitrogens with zero attached hydrogens (tertiary/aromatic N) is 4. The van der Waals surface area contributed by atoms with Crippen molar-refractivity contribution >= 4 is 17.6 Å². The molecular formula is C23H31N5O4. The number of carbonyl (C=O) groups is 2. The number of aromatic nitrogens is 1. The largest absolute Gasteiger partial charge is 0.348 e. The minimum atomic E-state index is -0.440. The predicted molar refractivity (Wildman–Crippen MR) is 121 cm³/mol. The van der Waals surface area contributed by atoms with Crippen LogP contribution in [0.1, 0.15) is 51.9 Å². The van der Waals surface area contributed by atoms with E-state index >= 15 is 0 Å². The SMILES string of the molecule is CC(C)N(CC(=O)N1CCn2cccc2[C@@H]1c1ccc([N+](=O)[O-])cc1)C(=O)NC(C)(C)C. The molecular weight excluding hydrogens is 410 g/mol. The van der Waals surface area contributed by atoms with Crippen molar-refractivity contribution in [1.82, 2.24) is 19.7 Å². The molecule has 1 aliphatic heterocycles. The number of nitrogens with one attached hydrogen (secondary N) is 1. The molecule has 1 aromatic heterocycles. The van der Waals surface area contributed by atoms with E-state index in [1.807, 2.05) is 52.9 Å². The van der Waals surface area contributed by atoms with Crippen molar-refractivity contribution in [3.05, 3.63) is 64.0 Å². The van der Waals surface area contributed by atoms with Gasteiger partial charge in [0.2, 0.25) is 5.91 Å². The van der Waals surface area contributed by atoms with Gasteiger partial charge in [-0.25, -0.2) is 4.79 Å². The van der Waals surface area contributed by atoms with Gasteiger partial charge < -0.3 is 19.7 Å². The molecule has 3 rings (SSSR count). The van der Waals surface area contributed by atoms with Crippen molar-refractivity contribution in [2.45, 2.75) is 58.8 Å². The van der Waals surface area contributed by atoms with E-state index in [4.69, 9.17) is 0 Å². The van der Waals surface area contributed by atoms with Gasteiger partial charge in [-0.3, -0.25) is 14.9 Å². The number of fused-ring (bicyclic) bond motifs is 1. The molecule has 0 saturated carbocycles. The minimum absolute atomic E-state index is 0.00246. The van der Waals surface area contributed by atoms with Crippen molar-refractivity contribution in [3.8, 4) is 0 Å². The van der Waals surface area contributed by atoms with Gasteiger partial charge in [0.1, 0.15) is 6.54 Å². The van der Waals surface area contributed by atoms with Gasteiger partial charge in [-0.05, 0) is 64.4 Å². The summed E-state index contributed by atoms with van der Waals surface area (Å²) in [5, 5.41) is 14.0. The molecule has 32 heavy (non-hydrogen) atoms. The lowest BCUT2D eigenvalue weighted by atomic mass is 9.99. The molecule has 0 fully saturated rings. The lowest BCUT2D eigenvalue weighted by Crippen LogP contribution is -2.54. The number of hydrogen-bond acceptors (Lipinski definition) is 4. The molecule has 9 nitrogen and oxygen atoms in total. The fourth-order valence-electron chi connectivity index (χ4n) is 3.90. The summed E-state index contributed by atoms with van der Waals surface area (Å²) < 4.78 is 2.09. The molecule has 1 aromatic carbocycles. The first kappa shape index (κ1) is 23.3. The van der Waals surface area contributed by atoms with Gasteiger partial charge in [0.25, 0.3) is 5.69 Å². The third-order valence-corrected chi connectivity index (χ3v) is 5.45. The normalized spacial score (nSPS) is 15.9. The molecule has 0 radical (unpaired) electrons.